The van der Waals surface area contributed by atoms with Crippen molar-refractivity contribution in [2.24, 2.45) is 0 Å². The van der Waals surface area contributed by atoms with Crippen LogP contribution in [0.15, 0.2) is 35.4 Å². The Hall–Kier alpha value is -1.26. The number of β-amino-alcohol motifs (C(OH)–C–C–N with tert-alkyl or cyclic N) is 1. The summed E-state index contributed by atoms with van der Waals surface area (Å²) in [6, 6.07) is 5.29. The summed E-state index contributed by atoms with van der Waals surface area (Å²) in [6.07, 6.45) is 2.31. The standard InChI is InChI=1S/C13H15FN4O3S.2ClH/c14-22(20,21)11-3-1-10(2-4-11)12-7-18(17-16-12)9-13(19)5-6-15-8-13;;/h1-4,7,15,19H,5-6,8-9H2;2*1H. The fourth-order valence-electron chi connectivity index (χ4n) is 2.46. The Morgan fingerprint density at radius 1 is 1.29 bits per heavy atom. The highest BCUT2D eigenvalue weighted by atomic mass is 35.5. The van der Waals surface area contributed by atoms with Crippen molar-refractivity contribution < 1.29 is 17.4 Å². The van der Waals surface area contributed by atoms with E-state index in [1.165, 1.54) is 24.3 Å². The number of halogens is 3. The van der Waals surface area contributed by atoms with Crippen LogP contribution in [0.1, 0.15) is 6.42 Å². The smallest absolute Gasteiger partial charge is 0.332 e. The molecular formula is C13H17Cl2FN4O3S. The van der Waals surface area contributed by atoms with Crippen molar-refractivity contribution in [1.82, 2.24) is 20.3 Å². The predicted molar refractivity (Wildman–Crippen MR) is 90.7 cm³/mol. The molecule has 3 rings (SSSR count). The Kier molecular flexibility index (Phi) is 6.71. The quantitative estimate of drug-likeness (QED) is 0.750. The van der Waals surface area contributed by atoms with Crippen LogP contribution in [0.25, 0.3) is 11.3 Å². The average molecular weight is 399 g/mol. The molecule has 1 aromatic carbocycles. The number of hydrogen-bond acceptors (Lipinski definition) is 6. The Labute approximate surface area is 151 Å². The van der Waals surface area contributed by atoms with Crippen molar-refractivity contribution in [2.45, 2.75) is 23.5 Å². The minimum Gasteiger partial charge on any atom is -0.387 e. The van der Waals surface area contributed by atoms with Crippen LogP contribution in [0.4, 0.5) is 3.89 Å². The molecule has 1 unspecified atom stereocenters. The molecule has 1 atom stereocenters. The van der Waals surface area contributed by atoms with Gasteiger partial charge in [0.15, 0.2) is 0 Å². The summed E-state index contributed by atoms with van der Waals surface area (Å²) >= 11 is 0. The van der Waals surface area contributed by atoms with E-state index < -0.39 is 20.7 Å². The fourth-order valence-corrected chi connectivity index (χ4v) is 2.92. The van der Waals surface area contributed by atoms with Gasteiger partial charge in [-0.05, 0) is 25.1 Å². The van der Waals surface area contributed by atoms with E-state index in [0.29, 0.717) is 30.8 Å². The van der Waals surface area contributed by atoms with Gasteiger partial charge in [-0.2, -0.15) is 8.42 Å². The number of rotatable bonds is 4. The molecule has 1 aliphatic heterocycles. The maximum absolute atomic E-state index is 12.8. The van der Waals surface area contributed by atoms with E-state index in [2.05, 4.69) is 15.6 Å². The first-order chi connectivity index (χ1) is 10.4. The molecule has 2 heterocycles. The highest BCUT2D eigenvalue weighted by Crippen LogP contribution is 2.21. The van der Waals surface area contributed by atoms with Gasteiger partial charge in [0.05, 0.1) is 23.2 Å². The van der Waals surface area contributed by atoms with Crippen molar-refractivity contribution in [3.8, 4) is 11.3 Å². The maximum atomic E-state index is 12.8. The molecule has 134 valence electrons. The molecule has 1 aromatic heterocycles. The lowest BCUT2D eigenvalue weighted by Crippen LogP contribution is -2.36. The molecule has 1 saturated heterocycles. The van der Waals surface area contributed by atoms with Crippen LogP contribution in [0, 0.1) is 0 Å². The van der Waals surface area contributed by atoms with E-state index in [0.717, 1.165) is 6.54 Å². The van der Waals surface area contributed by atoms with E-state index in [1.807, 2.05) is 0 Å². The zero-order chi connectivity index (χ0) is 15.8. The van der Waals surface area contributed by atoms with Gasteiger partial charge in [-0.15, -0.1) is 33.8 Å². The van der Waals surface area contributed by atoms with Crippen molar-refractivity contribution in [3.63, 3.8) is 0 Å². The topological polar surface area (TPSA) is 97.1 Å². The lowest BCUT2D eigenvalue weighted by molar-refractivity contribution is 0.0391. The summed E-state index contributed by atoms with van der Waals surface area (Å²) in [7, 11) is -4.70. The molecule has 7 nitrogen and oxygen atoms in total. The summed E-state index contributed by atoms with van der Waals surface area (Å²) in [5.41, 5.74) is 0.310. The zero-order valence-electron chi connectivity index (χ0n) is 12.4. The van der Waals surface area contributed by atoms with Crippen LogP contribution in [-0.2, 0) is 16.8 Å². The molecule has 11 heteroatoms. The van der Waals surface area contributed by atoms with Gasteiger partial charge in [-0.1, -0.05) is 17.3 Å². The van der Waals surface area contributed by atoms with Gasteiger partial charge >= 0.3 is 10.2 Å². The Morgan fingerprint density at radius 2 is 1.96 bits per heavy atom. The zero-order valence-corrected chi connectivity index (χ0v) is 14.9. The monoisotopic (exact) mass is 398 g/mol. The van der Waals surface area contributed by atoms with Crippen LogP contribution < -0.4 is 5.32 Å². The minimum absolute atomic E-state index is 0. The largest absolute Gasteiger partial charge is 0.387 e. The summed E-state index contributed by atoms with van der Waals surface area (Å²) in [5, 5.41) is 21.3. The van der Waals surface area contributed by atoms with Gasteiger partial charge < -0.3 is 10.4 Å². The number of benzene rings is 1. The molecule has 0 bridgehead atoms. The third-order valence-electron chi connectivity index (χ3n) is 3.65. The van der Waals surface area contributed by atoms with Crippen molar-refractivity contribution in [2.75, 3.05) is 13.1 Å². The van der Waals surface area contributed by atoms with E-state index in [9.17, 15) is 17.4 Å². The van der Waals surface area contributed by atoms with Crippen molar-refractivity contribution in [1.29, 1.82) is 0 Å². The first kappa shape index (κ1) is 20.8. The molecule has 0 amide bonds. The number of aromatic nitrogens is 3. The van der Waals surface area contributed by atoms with Crippen molar-refractivity contribution in [3.05, 3.63) is 30.5 Å². The summed E-state index contributed by atoms with van der Waals surface area (Å²) in [6.45, 7) is 1.59. The molecule has 2 aromatic rings. The Morgan fingerprint density at radius 3 is 2.50 bits per heavy atom. The SMILES string of the molecule is Cl.Cl.O=S(=O)(F)c1ccc(-c2cn(CC3(O)CCNC3)nn2)cc1. The second-order valence-electron chi connectivity index (χ2n) is 5.41. The fraction of sp³-hybridized carbons (Fsp3) is 0.385. The predicted octanol–water partition coefficient (Wildman–Crippen LogP) is 1.17. The van der Waals surface area contributed by atoms with Crippen molar-refractivity contribution >= 4 is 35.0 Å². The highest BCUT2D eigenvalue weighted by Gasteiger charge is 2.31. The van der Waals surface area contributed by atoms with Gasteiger partial charge in [0.25, 0.3) is 0 Å². The minimum atomic E-state index is -4.70. The number of nitrogens with one attached hydrogen (secondary N) is 1. The third-order valence-corrected chi connectivity index (χ3v) is 4.48. The number of nitrogens with zero attached hydrogens (tertiary/aromatic N) is 3. The molecule has 1 aliphatic rings. The Balaban J connectivity index is 0.00000144. The average Bonchev–Trinajstić information content (AvgIpc) is 3.08. The van der Waals surface area contributed by atoms with Gasteiger partial charge in [-0.25, -0.2) is 4.68 Å². The maximum Gasteiger partial charge on any atom is 0.332 e. The van der Waals surface area contributed by atoms with Crippen LogP contribution in [0.2, 0.25) is 0 Å². The van der Waals surface area contributed by atoms with Gasteiger partial charge in [0.2, 0.25) is 0 Å². The van der Waals surface area contributed by atoms with E-state index in [-0.39, 0.29) is 24.8 Å². The Bertz CT molecular complexity index is 777. The molecule has 2 N–H and O–H groups in total. The second kappa shape index (κ2) is 7.75. The molecule has 0 aliphatic carbocycles. The van der Waals surface area contributed by atoms with Crippen LogP contribution >= 0.6 is 24.8 Å². The van der Waals surface area contributed by atoms with Crippen LogP contribution in [0.3, 0.4) is 0 Å². The number of hydrogen-bond donors (Lipinski definition) is 2. The summed E-state index contributed by atoms with van der Waals surface area (Å²) < 4.78 is 35.9. The molecule has 0 spiro atoms. The second-order valence-corrected chi connectivity index (χ2v) is 6.76. The molecular weight excluding hydrogens is 382 g/mol. The number of aliphatic hydroxyl groups is 1. The highest BCUT2D eigenvalue weighted by molar-refractivity contribution is 7.86. The first-order valence-corrected chi connectivity index (χ1v) is 8.12. The first-order valence-electron chi connectivity index (χ1n) is 6.74. The third kappa shape index (κ3) is 4.64. The van der Waals surface area contributed by atoms with Gasteiger partial charge in [0.1, 0.15) is 5.69 Å². The molecule has 1 fully saturated rings. The van der Waals surface area contributed by atoms with E-state index in [1.54, 1.807) is 10.9 Å². The van der Waals surface area contributed by atoms with Crippen LogP contribution in [-0.4, -0.2) is 47.2 Å². The summed E-state index contributed by atoms with van der Waals surface area (Å²) in [5.74, 6) is 0. The lowest BCUT2D eigenvalue weighted by Gasteiger charge is -2.20. The molecule has 0 radical (unpaired) electrons. The van der Waals surface area contributed by atoms with E-state index in [4.69, 9.17) is 0 Å². The van der Waals surface area contributed by atoms with E-state index >= 15 is 0 Å². The molecule has 24 heavy (non-hydrogen) atoms. The van der Waals surface area contributed by atoms with Gasteiger partial charge in [0, 0.05) is 12.1 Å². The van der Waals surface area contributed by atoms with Crippen LogP contribution in [0.5, 0.6) is 0 Å². The summed E-state index contributed by atoms with van der Waals surface area (Å²) in [4.78, 5) is -0.394. The molecule has 0 saturated carbocycles. The lowest BCUT2D eigenvalue weighted by atomic mass is 10.0. The normalized spacial score (nSPS) is 20.2. The van der Waals surface area contributed by atoms with Gasteiger partial charge in [-0.3, -0.25) is 0 Å².